The summed E-state index contributed by atoms with van der Waals surface area (Å²) in [4.78, 5) is 1.55. The summed E-state index contributed by atoms with van der Waals surface area (Å²) in [6.45, 7) is 6.90. The highest BCUT2D eigenvalue weighted by Gasteiger charge is 2.31. The van der Waals surface area contributed by atoms with Crippen LogP contribution < -0.4 is 5.73 Å². The summed E-state index contributed by atoms with van der Waals surface area (Å²) in [7, 11) is 0. The van der Waals surface area contributed by atoms with Gasteiger partial charge in [0.25, 0.3) is 0 Å². The van der Waals surface area contributed by atoms with Crippen molar-refractivity contribution < 1.29 is 0 Å². The molecule has 2 N–H and O–H groups in total. The number of hydrogen-bond acceptors (Lipinski definition) is 2. The van der Waals surface area contributed by atoms with Crippen LogP contribution in [0.2, 0.25) is 0 Å². The summed E-state index contributed by atoms with van der Waals surface area (Å²) in [6, 6.07) is 0. The molecule has 0 unspecified atom stereocenters. The lowest BCUT2D eigenvalue weighted by atomic mass is 9.77. The van der Waals surface area contributed by atoms with Crippen LogP contribution in [-0.4, -0.2) is 0 Å². The van der Waals surface area contributed by atoms with Crippen LogP contribution in [-0.2, 0) is 18.3 Å². The number of thiophene rings is 1. The SMILES string of the molecule is CCc1c(N)sc2c1CCCC2(C)C. The fourth-order valence-corrected chi connectivity index (χ4v) is 3.88. The van der Waals surface area contributed by atoms with Crippen LogP contribution in [0.5, 0.6) is 0 Å². The maximum Gasteiger partial charge on any atom is 0.0894 e. The van der Waals surface area contributed by atoms with E-state index in [1.165, 1.54) is 24.8 Å². The molecule has 0 fully saturated rings. The van der Waals surface area contributed by atoms with Crippen molar-refractivity contribution in [2.24, 2.45) is 0 Å². The first-order chi connectivity index (χ1) is 6.56. The van der Waals surface area contributed by atoms with Crippen LogP contribution in [0.1, 0.15) is 49.6 Å². The Balaban J connectivity index is 2.56. The molecule has 2 rings (SSSR count). The van der Waals surface area contributed by atoms with Gasteiger partial charge < -0.3 is 5.73 Å². The Morgan fingerprint density at radius 1 is 1.43 bits per heavy atom. The van der Waals surface area contributed by atoms with Gasteiger partial charge in [0.15, 0.2) is 0 Å². The molecule has 0 saturated carbocycles. The Kier molecular flexibility index (Phi) is 2.34. The van der Waals surface area contributed by atoms with Crippen molar-refractivity contribution in [2.45, 2.75) is 51.9 Å². The summed E-state index contributed by atoms with van der Waals surface area (Å²) < 4.78 is 0. The first-order valence-electron chi connectivity index (χ1n) is 5.46. The minimum Gasteiger partial charge on any atom is -0.390 e. The van der Waals surface area contributed by atoms with Gasteiger partial charge in [0, 0.05) is 4.88 Å². The molecule has 1 nitrogen and oxygen atoms in total. The molecule has 78 valence electrons. The average Bonchev–Trinajstić information content (AvgIpc) is 2.42. The molecule has 2 heteroatoms. The van der Waals surface area contributed by atoms with E-state index in [0.29, 0.717) is 5.41 Å². The van der Waals surface area contributed by atoms with E-state index in [1.54, 1.807) is 10.4 Å². The number of nitrogen functional groups attached to an aromatic ring is 1. The Bertz CT molecular complexity index is 349. The molecule has 1 aliphatic rings. The molecular weight excluding hydrogens is 190 g/mol. The van der Waals surface area contributed by atoms with E-state index in [4.69, 9.17) is 5.73 Å². The summed E-state index contributed by atoms with van der Waals surface area (Å²) in [5, 5.41) is 1.06. The molecule has 14 heavy (non-hydrogen) atoms. The van der Waals surface area contributed by atoms with Crippen molar-refractivity contribution in [3.63, 3.8) is 0 Å². The predicted octanol–water partition coefficient (Wildman–Crippen LogP) is 3.51. The number of fused-ring (bicyclic) bond motifs is 1. The lowest BCUT2D eigenvalue weighted by Crippen LogP contribution is -2.22. The Morgan fingerprint density at radius 3 is 2.79 bits per heavy atom. The second kappa shape index (κ2) is 3.27. The van der Waals surface area contributed by atoms with Crippen molar-refractivity contribution in [2.75, 3.05) is 5.73 Å². The van der Waals surface area contributed by atoms with E-state index in [1.807, 2.05) is 11.3 Å². The lowest BCUT2D eigenvalue weighted by Gasteiger charge is -2.29. The minimum atomic E-state index is 0.361. The molecule has 0 saturated heterocycles. The first-order valence-corrected chi connectivity index (χ1v) is 6.28. The molecule has 0 amide bonds. The third kappa shape index (κ3) is 1.36. The van der Waals surface area contributed by atoms with Crippen LogP contribution in [0.4, 0.5) is 5.00 Å². The Hall–Kier alpha value is -0.500. The number of nitrogens with two attached hydrogens (primary N) is 1. The minimum absolute atomic E-state index is 0.361. The highest BCUT2D eigenvalue weighted by molar-refractivity contribution is 7.16. The maximum absolute atomic E-state index is 6.07. The Labute approximate surface area is 90.3 Å². The summed E-state index contributed by atoms with van der Waals surface area (Å²) in [5.41, 5.74) is 9.44. The first kappa shape index (κ1) is 10.0. The van der Waals surface area contributed by atoms with E-state index in [-0.39, 0.29) is 0 Å². The van der Waals surface area contributed by atoms with Gasteiger partial charge in [-0.2, -0.15) is 0 Å². The molecule has 0 aromatic carbocycles. The van der Waals surface area contributed by atoms with Crippen LogP contribution in [0.15, 0.2) is 0 Å². The fraction of sp³-hybridized carbons (Fsp3) is 0.667. The summed E-state index contributed by atoms with van der Waals surface area (Å²) in [6.07, 6.45) is 4.97. The zero-order valence-electron chi connectivity index (χ0n) is 9.31. The van der Waals surface area contributed by atoms with Gasteiger partial charge in [-0.05, 0) is 42.2 Å². The van der Waals surface area contributed by atoms with Crippen molar-refractivity contribution >= 4 is 16.3 Å². The van der Waals surface area contributed by atoms with E-state index in [2.05, 4.69) is 20.8 Å². The number of rotatable bonds is 1. The average molecular weight is 209 g/mol. The van der Waals surface area contributed by atoms with Crippen molar-refractivity contribution in [1.29, 1.82) is 0 Å². The van der Waals surface area contributed by atoms with Crippen molar-refractivity contribution in [1.82, 2.24) is 0 Å². The molecular formula is C12H19NS. The second-order valence-corrected chi connectivity index (χ2v) is 5.90. The van der Waals surface area contributed by atoms with Crippen LogP contribution in [0.25, 0.3) is 0 Å². The van der Waals surface area contributed by atoms with Gasteiger partial charge in [-0.15, -0.1) is 11.3 Å². The number of anilines is 1. The maximum atomic E-state index is 6.07. The van der Waals surface area contributed by atoms with Gasteiger partial charge in [-0.25, -0.2) is 0 Å². The highest BCUT2D eigenvalue weighted by atomic mass is 32.1. The molecule has 1 aromatic heterocycles. The van der Waals surface area contributed by atoms with Gasteiger partial charge in [-0.3, -0.25) is 0 Å². The zero-order valence-corrected chi connectivity index (χ0v) is 10.1. The normalized spacial score (nSPS) is 19.4. The standard InChI is InChI=1S/C12H19NS/c1-4-8-9-6-5-7-12(2,3)10(9)14-11(8)13/h4-7,13H2,1-3H3. The van der Waals surface area contributed by atoms with Crippen LogP contribution in [0, 0.1) is 0 Å². The Morgan fingerprint density at radius 2 is 2.14 bits per heavy atom. The van der Waals surface area contributed by atoms with Gasteiger partial charge >= 0.3 is 0 Å². The van der Waals surface area contributed by atoms with Crippen LogP contribution >= 0.6 is 11.3 Å². The molecule has 0 spiro atoms. The summed E-state index contributed by atoms with van der Waals surface area (Å²) >= 11 is 1.83. The van der Waals surface area contributed by atoms with E-state index < -0.39 is 0 Å². The lowest BCUT2D eigenvalue weighted by molar-refractivity contribution is 0.441. The second-order valence-electron chi connectivity index (χ2n) is 4.84. The van der Waals surface area contributed by atoms with E-state index >= 15 is 0 Å². The predicted molar refractivity (Wildman–Crippen MR) is 64.1 cm³/mol. The van der Waals surface area contributed by atoms with Crippen molar-refractivity contribution in [3.05, 3.63) is 16.0 Å². The molecule has 0 aliphatic heterocycles. The van der Waals surface area contributed by atoms with Gasteiger partial charge in [0.1, 0.15) is 0 Å². The van der Waals surface area contributed by atoms with E-state index in [9.17, 15) is 0 Å². The van der Waals surface area contributed by atoms with Crippen LogP contribution in [0.3, 0.4) is 0 Å². The third-order valence-corrected chi connectivity index (χ3v) is 4.81. The van der Waals surface area contributed by atoms with Gasteiger partial charge in [0.05, 0.1) is 5.00 Å². The topological polar surface area (TPSA) is 26.0 Å². The summed E-state index contributed by atoms with van der Waals surface area (Å²) in [5.74, 6) is 0. The van der Waals surface area contributed by atoms with Crippen molar-refractivity contribution in [3.8, 4) is 0 Å². The van der Waals surface area contributed by atoms with Gasteiger partial charge in [-0.1, -0.05) is 20.8 Å². The smallest absolute Gasteiger partial charge is 0.0894 e. The molecule has 1 aromatic rings. The fourth-order valence-electron chi connectivity index (χ4n) is 2.54. The molecule has 1 aliphatic carbocycles. The largest absolute Gasteiger partial charge is 0.390 e. The molecule has 1 heterocycles. The number of hydrogen-bond donors (Lipinski definition) is 1. The molecule has 0 bridgehead atoms. The molecule has 0 radical (unpaired) electrons. The monoisotopic (exact) mass is 209 g/mol. The zero-order chi connectivity index (χ0) is 10.3. The van der Waals surface area contributed by atoms with Gasteiger partial charge in [0.2, 0.25) is 0 Å². The van der Waals surface area contributed by atoms with E-state index in [0.717, 1.165) is 11.4 Å². The quantitative estimate of drug-likeness (QED) is 0.752. The highest BCUT2D eigenvalue weighted by Crippen LogP contribution is 2.45. The third-order valence-electron chi connectivity index (χ3n) is 3.34. The molecule has 0 atom stereocenters.